The molecule has 0 saturated heterocycles. The highest BCUT2D eigenvalue weighted by atomic mass is 127. The fourth-order valence-corrected chi connectivity index (χ4v) is 1.32. The van der Waals surface area contributed by atoms with Crippen molar-refractivity contribution in [2.45, 2.75) is 15.5 Å². The van der Waals surface area contributed by atoms with Crippen molar-refractivity contribution in [2.24, 2.45) is 0 Å². The van der Waals surface area contributed by atoms with Gasteiger partial charge in [-0.3, -0.25) is 0 Å². The van der Waals surface area contributed by atoms with Crippen molar-refractivity contribution in [3.63, 3.8) is 0 Å². The van der Waals surface area contributed by atoms with Gasteiger partial charge in [0.25, 0.3) is 3.68 Å². The van der Waals surface area contributed by atoms with Crippen molar-refractivity contribution < 1.29 is 30.7 Å². The van der Waals surface area contributed by atoms with Gasteiger partial charge in [0, 0.05) is 0 Å². The van der Waals surface area contributed by atoms with Crippen molar-refractivity contribution in [1.82, 2.24) is 0 Å². The molecule has 0 aromatic carbocycles. The molecule has 0 fully saturated rings. The first kappa shape index (κ1) is 11.1. The molecule has 0 N–H and O–H groups in total. The van der Waals surface area contributed by atoms with Crippen LogP contribution in [0.2, 0.25) is 0 Å². The van der Waals surface area contributed by atoms with Crippen LogP contribution in [0.5, 0.6) is 0 Å². The van der Waals surface area contributed by atoms with Gasteiger partial charge in [-0.2, -0.15) is 17.6 Å². The molecule has 1 aliphatic carbocycles. The third-order valence-corrected chi connectivity index (χ3v) is 2.68. The monoisotopic (exact) mass is 320 g/mol. The summed E-state index contributed by atoms with van der Waals surface area (Å²) in [4.78, 5) is 0. The minimum absolute atomic E-state index is 0.106. The fraction of sp³-hybridized carbons (Fsp3) is 0.600. The predicted molar refractivity (Wildman–Crippen MR) is 37.0 cm³/mol. The Morgan fingerprint density at radius 3 is 1.31 bits per heavy atom. The van der Waals surface area contributed by atoms with E-state index in [9.17, 15) is 30.7 Å². The minimum Gasteiger partial charge on any atom is -0.217 e. The molecule has 0 radical (unpaired) electrons. The van der Waals surface area contributed by atoms with Gasteiger partial charge < -0.3 is 0 Å². The van der Waals surface area contributed by atoms with Crippen LogP contribution in [0.1, 0.15) is 0 Å². The van der Waals surface area contributed by atoms with Crippen molar-refractivity contribution in [2.75, 3.05) is 0 Å². The summed E-state index contributed by atoms with van der Waals surface area (Å²) in [6.07, 6.45) is 0. The van der Waals surface area contributed by atoms with Gasteiger partial charge in [-0.15, -0.1) is 0 Å². The Hall–Kier alpha value is -0.0200. The quantitative estimate of drug-likeness (QED) is 0.364. The Labute approximate surface area is 80.9 Å². The molecule has 0 aromatic rings. The second kappa shape index (κ2) is 2.51. The number of hydrogen-bond acceptors (Lipinski definition) is 0. The fourth-order valence-electron chi connectivity index (χ4n) is 0.749. The molecular weight excluding hydrogens is 320 g/mol. The van der Waals surface area contributed by atoms with Crippen molar-refractivity contribution in [1.29, 1.82) is 0 Å². The van der Waals surface area contributed by atoms with Crippen molar-refractivity contribution in [3.8, 4) is 0 Å². The van der Waals surface area contributed by atoms with Gasteiger partial charge in [-0.1, -0.05) is 0 Å². The summed E-state index contributed by atoms with van der Waals surface area (Å²) in [6, 6.07) is 0. The Morgan fingerprint density at radius 1 is 0.846 bits per heavy atom. The summed E-state index contributed by atoms with van der Waals surface area (Å²) in [6.45, 7) is 0. The van der Waals surface area contributed by atoms with E-state index >= 15 is 0 Å². The Kier molecular flexibility index (Phi) is 2.14. The van der Waals surface area contributed by atoms with E-state index in [0.717, 1.165) is 0 Å². The zero-order valence-corrected chi connectivity index (χ0v) is 7.68. The van der Waals surface area contributed by atoms with E-state index in [2.05, 4.69) is 0 Å². The molecule has 1 aliphatic rings. The molecule has 1 rings (SSSR count). The largest absolute Gasteiger partial charge is 0.368 e. The lowest BCUT2D eigenvalue weighted by molar-refractivity contribution is -0.209. The lowest BCUT2D eigenvalue weighted by atomic mass is 10.2. The number of alkyl halides is 6. The molecule has 0 bridgehead atoms. The van der Waals surface area contributed by atoms with Gasteiger partial charge in [-0.25, -0.2) is 13.2 Å². The highest BCUT2D eigenvalue weighted by Gasteiger charge is 2.80. The summed E-state index contributed by atoms with van der Waals surface area (Å²) in [5, 5.41) is 0. The summed E-state index contributed by atoms with van der Waals surface area (Å²) >= 11 is 0.106. The van der Waals surface area contributed by atoms with Crippen LogP contribution in [0.4, 0.5) is 30.7 Å². The molecule has 0 amide bonds. The first-order valence-corrected chi connectivity index (χ1v) is 3.84. The van der Waals surface area contributed by atoms with Gasteiger partial charge in [0.15, 0.2) is 5.83 Å². The average molecular weight is 320 g/mol. The van der Waals surface area contributed by atoms with E-state index in [4.69, 9.17) is 0 Å². The number of halogens is 8. The predicted octanol–water partition coefficient (Wildman–Crippen LogP) is 3.52. The maximum Gasteiger partial charge on any atom is 0.368 e. The molecule has 0 spiro atoms. The zero-order chi connectivity index (χ0) is 10.7. The molecule has 13 heavy (non-hydrogen) atoms. The minimum atomic E-state index is -5.42. The first-order valence-electron chi connectivity index (χ1n) is 2.76. The van der Waals surface area contributed by atoms with E-state index in [-0.39, 0.29) is 22.6 Å². The topological polar surface area (TPSA) is 0 Å². The summed E-state index contributed by atoms with van der Waals surface area (Å²) in [5.74, 6) is -16.6. The maximum atomic E-state index is 12.6. The van der Waals surface area contributed by atoms with Crippen LogP contribution in [-0.4, -0.2) is 15.5 Å². The lowest BCUT2D eigenvalue weighted by Crippen LogP contribution is -2.47. The van der Waals surface area contributed by atoms with Crippen LogP contribution in [0.15, 0.2) is 11.7 Å². The second-order valence-corrected chi connectivity index (χ2v) is 3.84. The van der Waals surface area contributed by atoms with Crippen LogP contribution in [0, 0.1) is 0 Å². The summed E-state index contributed by atoms with van der Waals surface area (Å²) in [7, 11) is 0. The van der Waals surface area contributed by atoms with Crippen LogP contribution < -0.4 is 0 Å². The number of rotatable bonds is 0. The van der Waals surface area contributed by atoms with Crippen LogP contribution in [-0.2, 0) is 0 Å². The number of hydrogen-bond donors (Lipinski definition) is 0. The van der Waals surface area contributed by atoms with E-state index in [0.29, 0.717) is 0 Å². The molecule has 76 valence electrons. The van der Waals surface area contributed by atoms with Gasteiger partial charge in [-0.05, 0) is 22.6 Å². The Balaban J connectivity index is 3.39. The Bertz CT molecular complexity index is 253. The standard InChI is InChI=1S/C5F7I/c6-1-2(7)4(10,13)5(11,12)3(1,8)9. The number of allylic oxidation sites excluding steroid dienone is 2. The molecule has 0 nitrogen and oxygen atoms in total. The SMILES string of the molecule is FC1=C(F)C(F)(I)C(F)(F)C1(F)F. The highest BCUT2D eigenvalue weighted by Crippen LogP contribution is 2.61. The summed E-state index contributed by atoms with van der Waals surface area (Å²) in [5.41, 5.74) is 0. The van der Waals surface area contributed by atoms with Crippen LogP contribution >= 0.6 is 22.6 Å². The summed E-state index contributed by atoms with van der Waals surface area (Å²) < 4.78 is 81.7. The third-order valence-electron chi connectivity index (χ3n) is 1.53. The van der Waals surface area contributed by atoms with Gasteiger partial charge in [0.1, 0.15) is 0 Å². The molecule has 1 atom stereocenters. The normalized spacial score (nSPS) is 36.9. The molecule has 8 heteroatoms. The lowest BCUT2D eigenvalue weighted by Gasteiger charge is -2.24. The molecule has 0 saturated carbocycles. The van der Waals surface area contributed by atoms with Gasteiger partial charge in [0.2, 0.25) is 5.83 Å². The van der Waals surface area contributed by atoms with Crippen LogP contribution in [0.3, 0.4) is 0 Å². The molecule has 0 aromatic heterocycles. The molecular formula is C5F7I. The third kappa shape index (κ3) is 1.03. The molecule has 0 heterocycles. The first-order chi connectivity index (χ1) is 5.57. The van der Waals surface area contributed by atoms with E-state index < -0.39 is 27.2 Å². The van der Waals surface area contributed by atoms with E-state index in [1.54, 1.807) is 0 Å². The zero-order valence-electron chi connectivity index (χ0n) is 5.52. The Morgan fingerprint density at radius 2 is 1.23 bits per heavy atom. The van der Waals surface area contributed by atoms with E-state index in [1.165, 1.54) is 0 Å². The second-order valence-electron chi connectivity index (χ2n) is 2.35. The van der Waals surface area contributed by atoms with Crippen molar-refractivity contribution in [3.05, 3.63) is 11.7 Å². The molecule has 1 unspecified atom stereocenters. The average Bonchev–Trinajstić information content (AvgIpc) is 2.05. The molecule has 0 aliphatic heterocycles. The smallest absolute Gasteiger partial charge is 0.217 e. The maximum absolute atomic E-state index is 12.6. The van der Waals surface area contributed by atoms with Crippen molar-refractivity contribution >= 4 is 22.6 Å². The highest BCUT2D eigenvalue weighted by molar-refractivity contribution is 14.1. The van der Waals surface area contributed by atoms with E-state index in [1.807, 2.05) is 0 Å². The van der Waals surface area contributed by atoms with Gasteiger partial charge in [0.05, 0.1) is 0 Å². The van der Waals surface area contributed by atoms with Gasteiger partial charge >= 0.3 is 11.8 Å². The van der Waals surface area contributed by atoms with Crippen LogP contribution in [0.25, 0.3) is 0 Å².